The molecule has 0 spiro atoms. The molecule has 0 bridgehead atoms. The van der Waals surface area contributed by atoms with E-state index in [2.05, 4.69) is 16.5 Å². The monoisotopic (exact) mass is 484 g/mol. The van der Waals surface area contributed by atoms with Gasteiger partial charge in [-0.1, -0.05) is 24.3 Å². The molecule has 4 aromatic rings. The zero-order chi connectivity index (χ0) is 25.0. The van der Waals surface area contributed by atoms with Crippen LogP contribution in [-0.4, -0.2) is 67.7 Å². The van der Waals surface area contributed by atoms with Gasteiger partial charge in [0.2, 0.25) is 0 Å². The molecule has 1 amide bonds. The minimum Gasteiger partial charge on any atom is -0.388 e. The zero-order valence-corrected chi connectivity index (χ0v) is 19.8. The van der Waals surface area contributed by atoms with E-state index < -0.39 is 12.2 Å². The first-order chi connectivity index (χ1) is 17.4. The Morgan fingerprint density at radius 3 is 2.69 bits per heavy atom. The van der Waals surface area contributed by atoms with Gasteiger partial charge in [0, 0.05) is 36.1 Å². The molecule has 36 heavy (non-hydrogen) atoms. The summed E-state index contributed by atoms with van der Waals surface area (Å²) in [6, 6.07) is 13.0. The number of aliphatic hydroxyl groups excluding tert-OH is 1. The van der Waals surface area contributed by atoms with Gasteiger partial charge in [-0.05, 0) is 24.6 Å². The summed E-state index contributed by atoms with van der Waals surface area (Å²) >= 11 is 0. The number of aryl methyl sites for hydroxylation is 2. The number of carbonyl (C=O) groups excluding carboxylic acids is 1. The van der Waals surface area contributed by atoms with Gasteiger partial charge in [0.05, 0.1) is 24.9 Å². The van der Waals surface area contributed by atoms with E-state index in [0.29, 0.717) is 22.6 Å². The average Bonchev–Trinajstić information content (AvgIpc) is 3.63. The van der Waals surface area contributed by atoms with Crippen molar-refractivity contribution < 1.29 is 19.4 Å². The standard InChI is InChI=1S/C26H24N6O4/c1-14-18(11-31(2)30-14)16-5-3-4-6-17(16)23-20(10-27)32-8-7-15(9-22(32)29-23)26(34)28-19-12-35-25-21(33)13-36-24(19)25/h3-9,11,19,21,24-25,33H,12-13H2,1-2H3,(H,28,34)/t19-,21+,24+,25+/m0/s1. The van der Waals surface area contributed by atoms with Crippen LogP contribution in [0.25, 0.3) is 28.0 Å². The topological polar surface area (TPSA) is 127 Å². The van der Waals surface area contributed by atoms with Crippen molar-refractivity contribution >= 4 is 11.6 Å². The van der Waals surface area contributed by atoms with Crippen molar-refractivity contribution in [2.75, 3.05) is 13.2 Å². The van der Waals surface area contributed by atoms with Gasteiger partial charge in [-0.25, -0.2) is 4.98 Å². The number of nitriles is 1. The SMILES string of the molecule is Cc1nn(C)cc1-c1ccccc1-c1nc2cc(C(=O)N[C@H]3CO[C@H]4[C@@H]3OC[C@H]4O)ccn2c1C#N. The van der Waals surface area contributed by atoms with Crippen LogP contribution < -0.4 is 5.32 Å². The Balaban J connectivity index is 1.35. The van der Waals surface area contributed by atoms with Crippen LogP contribution in [0, 0.1) is 18.3 Å². The Labute approximate surface area is 206 Å². The Bertz CT molecular complexity index is 1530. The van der Waals surface area contributed by atoms with Crippen LogP contribution in [0.15, 0.2) is 48.8 Å². The van der Waals surface area contributed by atoms with Crippen molar-refractivity contribution in [3.63, 3.8) is 0 Å². The van der Waals surface area contributed by atoms with Crippen molar-refractivity contribution in [1.82, 2.24) is 24.5 Å². The van der Waals surface area contributed by atoms with Crippen LogP contribution in [0.4, 0.5) is 0 Å². The summed E-state index contributed by atoms with van der Waals surface area (Å²) in [4.78, 5) is 17.8. The van der Waals surface area contributed by atoms with Gasteiger partial charge in [0.1, 0.15) is 35.7 Å². The third kappa shape index (κ3) is 3.56. The Morgan fingerprint density at radius 1 is 1.17 bits per heavy atom. The maximum Gasteiger partial charge on any atom is 0.251 e. The molecule has 0 unspecified atom stereocenters. The average molecular weight is 485 g/mol. The molecular weight excluding hydrogens is 460 g/mol. The lowest BCUT2D eigenvalue weighted by atomic mass is 9.97. The predicted molar refractivity (Wildman–Crippen MR) is 129 cm³/mol. The molecule has 2 saturated heterocycles. The molecule has 0 radical (unpaired) electrons. The van der Waals surface area contributed by atoms with Gasteiger partial charge in [0.15, 0.2) is 5.69 Å². The normalized spacial score (nSPS) is 23.1. The largest absolute Gasteiger partial charge is 0.388 e. The summed E-state index contributed by atoms with van der Waals surface area (Å²) in [5.74, 6) is -0.300. The van der Waals surface area contributed by atoms with Crippen molar-refractivity contribution in [3.8, 4) is 28.5 Å². The molecule has 5 heterocycles. The molecule has 6 rings (SSSR count). The highest BCUT2D eigenvalue weighted by atomic mass is 16.6. The lowest BCUT2D eigenvalue weighted by molar-refractivity contribution is 0.0178. The summed E-state index contributed by atoms with van der Waals surface area (Å²) in [5.41, 5.74) is 5.39. The maximum absolute atomic E-state index is 13.0. The first kappa shape index (κ1) is 22.4. The molecule has 4 atom stereocenters. The Kier molecular flexibility index (Phi) is 5.34. The highest BCUT2D eigenvalue weighted by Crippen LogP contribution is 2.35. The second-order valence-corrected chi connectivity index (χ2v) is 9.16. The second kappa shape index (κ2) is 8.57. The molecule has 2 N–H and O–H groups in total. The van der Waals surface area contributed by atoms with E-state index in [-0.39, 0.29) is 31.3 Å². The van der Waals surface area contributed by atoms with E-state index in [0.717, 1.165) is 22.4 Å². The van der Waals surface area contributed by atoms with E-state index in [4.69, 9.17) is 14.5 Å². The molecule has 182 valence electrons. The van der Waals surface area contributed by atoms with Gasteiger partial charge in [-0.3, -0.25) is 13.9 Å². The summed E-state index contributed by atoms with van der Waals surface area (Å²) in [6.45, 7) is 2.42. The number of rotatable bonds is 4. The van der Waals surface area contributed by atoms with Crippen molar-refractivity contribution in [1.29, 1.82) is 5.26 Å². The number of nitrogens with zero attached hydrogens (tertiary/aromatic N) is 5. The van der Waals surface area contributed by atoms with Gasteiger partial charge in [-0.2, -0.15) is 10.4 Å². The van der Waals surface area contributed by atoms with Gasteiger partial charge in [-0.15, -0.1) is 0 Å². The number of carbonyl (C=O) groups is 1. The molecule has 1 aromatic carbocycles. The minimum absolute atomic E-state index is 0.196. The molecular formula is C26H24N6O4. The number of nitrogens with one attached hydrogen (secondary N) is 1. The smallest absolute Gasteiger partial charge is 0.251 e. The second-order valence-electron chi connectivity index (χ2n) is 9.16. The molecule has 2 fully saturated rings. The van der Waals surface area contributed by atoms with Gasteiger partial charge < -0.3 is 19.9 Å². The number of aromatic nitrogens is 4. The summed E-state index contributed by atoms with van der Waals surface area (Å²) < 4.78 is 14.6. The first-order valence-corrected chi connectivity index (χ1v) is 11.7. The number of fused-ring (bicyclic) bond motifs is 2. The number of amides is 1. The van der Waals surface area contributed by atoms with E-state index in [9.17, 15) is 15.2 Å². The number of hydrogen-bond acceptors (Lipinski definition) is 7. The highest BCUT2D eigenvalue weighted by molar-refractivity contribution is 5.95. The van der Waals surface area contributed by atoms with Gasteiger partial charge in [0.25, 0.3) is 5.91 Å². The third-order valence-electron chi connectivity index (χ3n) is 6.82. The molecule has 2 aliphatic heterocycles. The first-order valence-electron chi connectivity index (χ1n) is 11.7. The van der Waals surface area contributed by atoms with Crippen LogP contribution in [0.3, 0.4) is 0 Å². The molecule has 2 aliphatic rings. The van der Waals surface area contributed by atoms with Crippen molar-refractivity contribution in [3.05, 3.63) is 65.7 Å². The maximum atomic E-state index is 13.0. The molecule has 10 nitrogen and oxygen atoms in total. The van der Waals surface area contributed by atoms with Crippen LogP contribution in [0.1, 0.15) is 21.7 Å². The predicted octanol–water partition coefficient (Wildman–Crippen LogP) is 1.84. The van der Waals surface area contributed by atoms with Crippen molar-refractivity contribution in [2.24, 2.45) is 7.05 Å². The van der Waals surface area contributed by atoms with Gasteiger partial charge >= 0.3 is 0 Å². The highest BCUT2D eigenvalue weighted by Gasteiger charge is 2.47. The molecule has 3 aromatic heterocycles. The molecule has 0 saturated carbocycles. The zero-order valence-electron chi connectivity index (χ0n) is 19.8. The van der Waals surface area contributed by atoms with Crippen LogP contribution in [-0.2, 0) is 16.5 Å². The van der Waals surface area contributed by atoms with Crippen molar-refractivity contribution in [2.45, 2.75) is 31.3 Å². The number of imidazole rings is 1. The molecule has 10 heteroatoms. The number of hydrogen-bond donors (Lipinski definition) is 2. The number of aliphatic hydroxyl groups is 1. The fourth-order valence-electron chi connectivity index (χ4n) is 5.12. The Hall–Kier alpha value is -4.04. The van der Waals surface area contributed by atoms with E-state index in [1.54, 1.807) is 27.4 Å². The lowest BCUT2D eigenvalue weighted by Gasteiger charge is -2.17. The Morgan fingerprint density at radius 2 is 1.94 bits per heavy atom. The molecule has 0 aliphatic carbocycles. The lowest BCUT2D eigenvalue weighted by Crippen LogP contribution is -2.44. The summed E-state index contributed by atoms with van der Waals surface area (Å²) in [6.07, 6.45) is 2.15. The fraction of sp³-hybridized carbons (Fsp3) is 0.308. The van der Waals surface area contributed by atoms with Crippen LogP contribution in [0.2, 0.25) is 0 Å². The summed E-state index contributed by atoms with van der Waals surface area (Å²) in [5, 5.41) is 27.3. The van der Waals surface area contributed by atoms with E-state index in [1.807, 2.05) is 44.4 Å². The van der Waals surface area contributed by atoms with E-state index >= 15 is 0 Å². The number of benzene rings is 1. The van der Waals surface area contributed by atoms with E-state index in [1.165, 1.54) is 0 Å². The minimum atomic E-state index is -0.681. The fourth-order valence-corrected chi connectivity index (χ4v) is 5.12. The van der Waals surface area contributed by atoms with Crippen LogP contribution in [0.5, 0.6) is 0 Å². The quantitative estimate of drug-likeness (QED) is 0.453. The number of pyridine rings is 1. The number of ether oxygens (including phenoxy) is 2. The summed E-state index contributed by atoms with van der Waals surface area (Å²) in [7, 11) is 1.87. The van der Waals surface area contributed by atoms with Crippen LogP contribution >= 0.6 is 0 Å². The third-order valence-corrected chi connectivity index (χ3v) is 6.82.